The number of hydrogen-bond donors (Lipinski definition) is 2. The molecule has 2 heteroatoms. The molecular formula is C11H15NO. The van der Waals surface area contributed by atoms with Crippen molar-refractivity contribution < 1.29 is 5.11 Å². The molecule has 1 aromatic carbocycles. The van der Waals surface area contributed by atoms with Crippen LogP contribution in [0.1, 0.15) is 12.0 Å². The van der Waals surface area contributed by atoms with Crippen LogP contribution in [-0.2, 0) is 0 Å². The van der Waals surface area contributed by atoms with E-state index in [1.165, 1.54) is 0 Å². The highest BCUT2D eigenvalue weighted by molar-refractivity contribution is 5.48. The van der Waals surface area contributed by atoms with Gasteiger partial charge in [0.15, 0.2) is 0 Å². The summed E-state index contributed by atoms with van der Waals surface area (Å²) in [7, 11) is 0. The van der Waals surface area contributed by atoms with E-state index in [0.29, 0.717) is 6.42 Å². The minimum absolute atomic E-state index is 0.0408. The molecule has 0 amide bonds. The van der Waals surface area contributed by atoms with E-state index in [1.807, 2.05) is 42.5 Å². The van der Waals surface area contributed by atoms with Crippen molar-refractivity contribution in [2.45, 2.75) is 12.5 Å². The zero-order chi connectivity index (χ0) is 9.52. The van der Waals surface area contributed by atoms with E-state index in [2.05, 4.69) is 0 Å². The second-order valence-corrected chi connectivity index (χ2v) is 2.99. The van der Waals surface area contributed by atoms with E-state index >= 15 is 0 Å². The van der Waals surface area contributed by atoms with Gasteiger partial charge in [-0.25, -0.2) is 0 Å². The van der Waals surface area contributed by atoms with Crippen molar-refractivity contribution in [3.8, 4) is 0 Å². The van der Waals surface area contributed by atoms with E-state index < -0.39 is 0 Å². The third-order valence-electron chi connectivity index (χ3n) is 1.78. The first-order valence-electron chi connectivity index (χ1n) is 4.41. The fourth-order valence-corrected chi connectivity index (χ4v) is 1.02. The number of rotatable bonds is 4. The highest BCUT2D eigenvalue weighted by Gasteiger charge is 1.94. The predicted octanol–water partition coefficient (Wildman–Crippen LogP) is 1.41. The molecule has 0 spiro atoms. The molecule has 0 radical (unpaired) electrons. The average molecular weight is 177 g/mol. The lowest BCUT2D eigenvalue weighted by Crippen LogP contribution is -2.22. The number of nitrogens with two attached hydrogens (primary N) is 1. The maximum absolute atomic E-state index is 8.67. The molecule has 0 aromatic heterocycles. The Morgan fingerprint density at radius 1 is 1.31 bits per heavy atom. The van der Waals surface area contributed by atoms with Crippen LogP contribution < -0.4 is 5.73 Å². The number of hydrogen-bond acceptors (Lipinski definition) is 2. The molecule has 13 heavy (non-hydrogen) atoms. The smallest absolute Gasteiger partial charge is 0.0585 e. The molecule has 0 unspecified atom stereocenters. The first-order chi connectivity index (χ1) is 6.33. The Kier molecular flexibility index (Phi) is 4.23. The second-order valence-electron chi connectivity index (χ2n) is 2.99. The van der Waals surface area contributed by atoms with Gasteiger partial charge in [0, 0.05) is 6.04 Å². The lowest BCUT2D eigenvalue weighted by Gasteiger charge is -2.01. The summed E-state index contributed by atoms with van der Waals surface area (Å²) >= 11 is 0. The van der Waals surface area contributed by atoms with E-state index in [4.69, 9.17) is 10.8 Å². The molecule has 0 fully saturated rings. The minimum atomic E-state index is -0.139. The van der Waals surface area contributed by atoms with Gasteiger partial charge in [-0.3, -0.25) is 0 Å². The van der Waals surface area contributed by atoms with Gasteiger partial charge in [-0.05, 0) is 12.0 Å². The Hall–Kier alpha value is -1.12. The lowest BCUT2D eigenvalue weighted by atomic mass is 10.1. The third kappa shape index (κ3) is 3.87. The van der Waals surface area contributed by atoms with Crippen molar-refractivity contribution in [1.29, 1.82) is 0 Å². The van der Waals surface area contributed by atoms with Crippen LogP contribution in [0, 0.1) is 0 Å². The molecule has 3 N–H and O–H groups in total. The fraction of sp³-hybridized carbons (Fsp3) is 0.273. The third-order valence-corrected chi connectivity index (χ3v) is 1.78. The summed E-state index contributed by atoms with van der Waals surface area (Å²) in [6.07, 6.45) is 4.71. The highest BCUT2D eigenvalue weighted by atomic mass is 16.3. The molecule has 1 rings (SSSR count). The Morgan fingerprint density at radius 2 is 2.00 bits per heavy atom. The Morgan fingerprint density at radius 3 is 2.62 bits per heavy atom. The Balaban J connectivity index is 2.41. The molecule has 0 bridgehead atoms. The summed E-state index contributed by atoms with van der Waals surface area (Å²) in [5.41, 5.74) is 6.70. The largest absolute Gasteiger partial charge is 0.395 e. The molecule has 0 aliphatic rings. The van der Waals surface area contributed by atoms with Gasteiger partial charge in [-0.15, -0.1) is 0 Å². The van der Waals surface area contributed by atoms with Gasteiger partial charge < -0.3 is 10.8 Å². The number of aliphatic hydroxyl groups is 1. The van der Waals surface area contributed by atoms with Gasteiger partial charge in [-0.1, -0.05) is 42.5 Å². The van der Waals surface area contributed by atoms with Crippen LogP contribution in [0.15, 0.2) is 36.4 Å². The van der Waals surface area contributed by atoms with Gasteiger partial charge in [0.05, 0.1) is 6.61 Å². The number of benzene rings is 1. The molecule has 0 saturated carbocycles. The van der Waals surface area contributed by atoms with Crippen LogP contribution in [-0.4, -0.2) is 17.8 Å². The topological polar surface area (TPSA) is 46.2 Å². The zero-order valence-corrected chi connectivity index (χ0v) is 7.56. The van der Waals surface area contributed by atoms with Crippen LogP contribution in [0.5, 0.6) is 0 Å². The Labute approximate surface area is 78.7 Å². The monoisotopic (exact) mass is 177 g/mol. The van der Waals surface area contributed by atoms with E-state index in [1.54, 1.807) is 0 Å². The summed E-state index contributed by atoms with van der Waals surface area (Å²) < 4.78 is 0. The molecule has 2 nitrogen and oxygen atoms in total. The van der Waals surface area contributed by atoms with Gasteiger partial charge in [0.1, 0.15) is 0 Å². The van der Waals surface area contributed by atoms with Crippen LogP contribution >= 0.6 is 0 Å². The Bertz CT molecular complexity index is 256. The van der Waals surface area contributed by atoms with Gasteiger partial charge in [0.25, 0.3) is 0 Å². The van der Waals surface area contributed by atoms with Crippen LogP contribution in [0.3, 0.4) is 0 Å². The summed E-state index contributed by atoms with van der Waals surface area (Å²) in [4.78, 5) is 0. The number of aliphatic hydroxyl groups excluding tert-OH is 1. The van der Waals surface area contributed by atoms with E-state index in [9.17, 15) is 0 Å². The molecule has 1 atom stereocenters. The van der Waals surface area contributed by atoms with Crippen LogP contribution in [0.2, 0.25) is 0 Å². The first kappa shape index (κ1) is 9.96. The normalized spacial score (nSPS) is 13.4. The zero-order valence-electron chi connectivity index (χ0n) is 7.56. The van der Waals surface area contributed by atoms with Gasteiger partial charge >= 0.3 is 0 Å². The van der Waals surface area contributed by atoms with Gasteiger partial charge in [-0.2, -0.15) is 0 Å². The quantitative estimate of drug-likeness (QED) is 0.730. The molecule has 0 heterocycles. The minimum Gasteiger partial charge on any atom is -0.395 e. The summed E-state index contributed by atoms with van der Waals surface area (Å²) in [5, 5.41) is 8.67. The first-order valence-corrected chi connectivity index (χ1v) is 4.41. The van der Waals surface area contributed by atoms with Crippen LogP contribution in [0.25, 0.3) is 6.08 Å². The second kappa shape index (κ2) is 5.51. The standard InChI is InChI=1S/C11H15NO/c12-11(9-13)8-4-7-10-5-2-1-3-6-10/h1-7,11,13H,8-9,12H2/t11-/m0/s1. The SMILES string of the molecule is N[C@H](CO)CC=Cc1ccccc1. The van der Waals surface area contributed by atoms with Crippen molar-refractivity contribution in [1.82, 2.24) is 0 Å². The van der Waals surface area contributed by atoms with Crippen molar-refractivity contribution in [3.05, 3.63) is 42.0 Å². The highest BCUT2D eigenvalue weighted by Crippen LogP contribution is 2.02. The fourth-order valence-electron chi connectivity index (χ4n) is 1.02. The molecule has 70 valence electrons. The molecule has 0 saturated heterocycles. The predicted molar refractivity (Wildman–Crippen MR) is 55.2 cm³/mol. The molecular weight excluding hydrogens is 162 g/mol. The van der Waals surface area contributed by atoms with E-state index in [0.717, 1.165) is 5.56 Å². The van der Waals surface area contributed by atoms with Crippen LogP contribution in [0.4, 0.5) is 0 Å². The molecule has 0 aliphatic heterocycles. The molecule has 0 aliphatic carbocycles. The molecule has 1 aromatic rings. The van der Waals surface area contributed by atoms with Gasteiger partial charge in [0.2, 0.25) is 0 Å². The van der Waals surface area contributed by atoms with Crippen molar-refractivity contribution >= 4 is 6.08 Å². The van der Waals surface area contributed by atoms with Crippen molar-refractivity contribution in [2.75, 3.05) is 6.61 Å². The average Bonchev–Trinajstić information content (AvgIpc) is 2.19. The van der Waals surface area contributed by atoms with E-state index in [-0.39, 0.29) is 12.6 Å². The summed E-state index contributed by atoms with van der Waals surface area (Å²) in [5.74, 6) is 0. The van der Waals surface area contributed by atoms with Crippen molar-refractivity contribution in [2.24, 2.45) is 5.73 Å². The lowest BCUT2D eigenvalue weighted by molar-refractivity contribution is 0.267. The maximum atomic E-state index is 8.67. The summed E-state index contributed by atoms with van der Waals surface area (Å²) in [6, 6.07) is 9.88. The summed E-state index contributed by atoms with van der Waals surface area (Å²) in [6.45, 7) is 0.0408. The van der Waals surface area contributed by atoms with Crippen molar-refractivity contribution in [3.63, 3.8) is 0 Å². The maximum Gasteiger partial charge on any atom is 0.0585 e.